The highest BCUT2D eigenvalue weighted by atomic mass is 28.3. The lowest BCUT2D eigenvalue weighted by molar-refractivity contribution is -0.145. The summed E-state index contributed by atoms with van der Waals surface area (Å²) in [6.45, 7) is 9.29. The molecule has 11 heteroatoms. The van der Waals surface area contributed by atoms with Gasteiger partial charge in [-0.2, -0.15) is 26.3 Å². The number of furan rings is 1. The monoisotopic (exact) mass is 573 g/mol. The molecule has 40 heavy (non-hydrogen) atoms. The van der Waals surface area contributed by atoms with E-state index in [1.165, 1.54) is 12.3 Å². The molecule has 4 nitrogen and oxygen atoms in total. The van der Waals surface area contributed by atoms with Gasteiger partial charge in [0.15, 0.2) is 13.7 Å². The third kappa shape index (κ3) is 4.76. The Bertz CT molecular complexity index is 1730. The summed E-state index contributed by atoms with van der Waals surface area (Å²) in [5, 5.41) is 1.61. The number of benzene rings is 2. The van der Waals surface area contributed by atoms with Crippen LogP contribution in [0.25, 0.3) is 33.0 Å². The summed E-state index contributed by atoms with van der Waals surface area (Å²) in [5.41, 5.74) is 0.582. The minimum absolute atomic E-state index is 0.0339. The Labute approximate surface area is 227 Å². The summed E-state index contributed by atoms with van der Waals surface area (Å²) in [6.07, 6.45) is -6.38. The molecule has 3 heterocycles. The van der Waals surface area contributed by atoms with E-state index in [2.05, 4.69) is 35.7 Å². The molecular formula is C29H25F6N3OSi. The third-order valence-electron chi connectivity index (χ3n) is 7.03. The summed E-state index contributed by atoms with van der Waals surface area (Å²) in [7, 11) is -3.39. The van der Waals surface area contributed by atoms with Crippen molar-refractivity contribution < 1.29 is 30.8 Å². The molecule has 5 aromatic rings. The zero-order chi connectivity index (χ0) is 29.3. The van der Waals surface area contributed by atoms with E-state index < -0.39 is 31.8 Å². The molecule has 0 spiro atoms. The molecule has 0 radical (unpaired) electrons. The van der Waals surface area contributed by atoms with Gasteiger partial charge in [0.1, 0.15) is 16.6 Å². The SMILES string of the molecule is CC(C)(C)c1cc(-c2nccc3c(C(F)(F)F)c([Si](C)(C)c4cnc(C(F)(F)F)nc4)oc23)cc2ccccc12. The fraction of sp³-hybridized carbons (Fsp3) is 0.276. The highest BCUT2D eigenvalue weighted by Crippen LogP contribution is 2.41. The van der Waals surface area contributed by atoms with Crippen molar-refractivity contribution in [1.29, 1.82) is 0 Å². The van der Waals surface area contributed by atoms with Crippen LogP contribution in [0.3, 0.4) is 0 Å². The van der Waals surface area contributed by atoms with Crippen LogP contribution in [-0.4, -0.2) is 23.0 Å². The summed E-state index contributed by atoms with van der Waals surface area (Å²) in [5.74, 6) is -1.36. The fourth-order valence-electron chi connectivity index (χ4n) is 4.95. The summed E-state index contributed by atoms with van der Waals surface area (Å²) in [6, 6.07) is 12.8. The highest BCUT2D eigenvalue weighted by molar-refractivity contribution is 7.00. The van der Waals surface area contributed by atoms with E-state index in [1.807, 2.05) is 36.4 Å². The number of hydrogen-bond donors (Lipinski definition) is 0. The molecule has 2 aromatic carbocycles. The second kappa shape index (κ2) is 9.15. The lowest BCUT2D eigenvalue weighted by atomic mass is 9.82. The number of hydrogen-bond acceptors (Lipinski definition) is 4. The molecule has 0 fully saturated rings. The topological polar surface area (TPSA) is 51.8 Å². The Morgan fingerprint density at radius 3 is 2.02 bits per heavy atom. The largest absolute Gasteiger partial charge is 0.463 e. The molecule has 0 saturated heterocycles. The average Bonchev–Trinajstić information content (AvgIpc) is 3.28. The predicted octanol–water partition coefficient (Wildman–Crippen LogP) is 7.60. The molecule has 5 rings (SSSR count). The standard InChI is InChI=1S/C29H25F6N3OSi/c1-27(2,3)21-13-17(12-16-8-6-7-9-19(16)21)23-24-20(10-11-36-23)22(28(30,31)32)25(39-24)40(4,5)18-14-37-26(38-15-18)29(33,34)35/h6-15H,1-5H3. The normalized spacial score (nSPS) is 13.4. The number of rotatable bonds is 3. The van der Waals surface area contributed by atoms with Crippen LogP contribution in [-0.2, 0) is 17.8 Å². The number of fused-ring (bicyclic) bond motifs is 2. The zero-order valence-corrected chi connectivity index (χ0v) is 23.3. The van der Waals surface area contributed by atoms with Crippen LogP contribution in [0.15, 0.2) is 65.5 Å². The maximum atomic E-state index is 14.6. The van der Waals surface area contributed by atoms with Crippen LogP contribution in [0.2, 0.25) is 13.1 Å². The first kappa shape index (κ1) is 27.8. The van der Waals surface area contributed by atoms with E-state index in [1.54, 1.807) is 13.1 Å². The van der Waals surface area contributed by atoms with Gasteiger partial charge in [0.05, 0.1) is 0 Å². The van der Waals surface area contributed by atoms with Crippen molar-refractivity contribution in [2.45, 2.75) is 51.6 Å². The lowest BCUT2D eigenvalue weighted by Crippen LogP contribution is -2.54. The maximum absolute atomic E-state index is 14.6. The van der Waals surface area contributed by atoms with Gasteiger partial charge in [-0.1, -0.05) is 58.1 Å². The van der Waals surface area contributed by atoms with Crippen molar-refractivity contribution in [1.82, 2.24) is 15.0 Å². The van der Waals surface area contributed by atoms with Crippen LogP contribution in [0.5, 0.6) is 0 Å². The summed E-state index contributed by atoms with van der Waals surface area (Å²) < 4.78 is 88.9. The number of alkyl halides is 6. The molecule has 0 aliphatic carbocycles. The van der Waals surface area contributed by atoms with Gasteiger partial charge < -0.3 is 4.42 Å². The second-order valence-electron chi connectivity index (χ2n) is 11.3. The van der Waals surface area contributed by atoms with Crippen LogP contribution < -0.4 is 10.6 Å². The smallest absolute Gasteiger partial charge is 0.451 e. The van der Waals surface area contributed by atoms with Crippen LogP contribution in [0, 0.1) is 0 Å². The molecular weight excluding hydrogens is 548 g/mol. The van der Waals surface area contributed by atoms with Crippen molar-refractivity contribution in [3.05, 3.63) is 78.0 Å². The van der Waals surface area contributed by atoms with Crippen molar-refractivity contribution in [2.75, 3.05) is 0 Å². The van der Waals surface area contributed by atoms with E-state index >= 15 is 0 Å². The van der Waals surface area contributed by atoms with E-state index in [4.69, 9.17) is 4.42 Å². The fourth-order valence-corrected chi connectivity index (χ4v) is 7.24. The lowest BCUT2D eigenvalue weighted by Gasteiger charge is -2.22. The predicted molar refractivity (Wildman–Crippen MR) is 144 cm³/mol. The van der Waals surface area contributed by atoms with Gasteiger partial charge in [-0.3, -0.25) is 4.98 Å². The van der Waals surface area contributed by atoms with Crippen molar-refractivity contribution in [2.24, 2.45) is 0 Å². The molecule has 0 aliphatic rings. The Morgan fingerprint density at radius 1 is 0.775 bits per heavy atom. The summed E-state index contributed by atoms with van der Waals surface area (Å²) in [4.78, 5) is 11.2. The van der Waals surface area contributed by atoms with Crippen LogP contribution >= 0.6 is 0 Å². The molecule has 0 unspecified atom stereocenters. The van der Waals surface area contributed by atoms with E-state index in [9.17, 15) is 26.3 Å². The van der Waals surface area contributed by atoms with Gasteiger partial charge in [0, 0.05) is 29.5 Å². The zero-order valence-electron chi connectivity index (χ0n) is 22.3. The summed E-state index contributed by atoms with van der Waals surface area (Å²) >= 11 is 0. The number of halogens is 6. The van der Waals surface area contributed by atoms with E-state index in [-0.39, 0.29) is 32.6 Å². The van der Waals surface area contributed by atoms with Crippen molar-refractivity contribution >= 4 is 40.4 Å². The van der Waals surface area contributed by atoms with E-state index in [0.29, 0.717) is 5.56 Å². The third-order valence-corrected chi connectivity index (χ3v) is 10.2. The van der Waals surface area contributed by atoms with Crippen LogP contribution in [0.1, 0.15) is 37.7 Å². The van der Waals surface area contributed by atoms with Crippen molar-refractivity contribution in [3.63, 3.8) is 0 Å². The minimum Gasteiger partial charge on any atom is -0.463 e. The Kier molecular flexibility index (Phi) is 6.37. The first-order chi connectivity index (χ1) is 18.5. The molecule has 0 aliphatic heterocycles. The molecule has 0 saturated carbocycles. The first-order valence-corrected chi connectivity index (χ1v) is 15.4. The Morgan fingerprint density at radius 2 is 1.43 bits per heavy atom. The Balaban J connectivity index is 1.77. The second-order valence-corrected chi connectivity index (χ2v) is 15.5. The van der Waals surface area contributed by atoms with E-state index in [0.717, 1.165) is 28.7 Å². The van der Waals surface area contributed by atoms with Gasteiger partial charge in [0.25, 0.3) is 0 Å². The van der Waals surface area contributed by atoms with Gasteiger partial charge in [-0.15, -0.1) is 0 Å². The van der Waals surface area contributed by atoms with Crippen molar-refractivity contribution in [3.8, 4) is 11.3 Å². The van der Waals surface area contributed by atoms with Gasteiger partial charge >= 0.3 is 12.4 Å². The molecule has 0 amide bonds. The number of aromatic nitrogens is 3. The quantitative estimate of drug-likeness (QED) is 0.165. The maximum Gasteiger partial charge on any atom is 0.451 e. The van der Waals surface area contributed by atoms with Gasteiger partial charge in [-0.25, -0.2) is 9.97 Å². The Hall–Kier alpha value is -3.73. The number of nitrogens with zero attached hydrogens (tertiary/aromatic N) is 3. The molecule has 0 bridgehead atoms. The first-order valence-electron chi connectivity index (χ1n) is 12.4. The molecule has 208 valence electrons. The highest BCUT2D eigenvalue weighted by Gasteiger charge is 2.46. The average molecular weight is 574 g/mol. The minimum atomic E-state index is -4.80. The van der Waals surface area contributed by atoms with Gasteiger partial charge in [-0.05, 0) is 45.1 Å². The van der Waals surface area contributed by atoms with Gasteiger partial charge in [0.2, 0.25) is 5.82 Å². The number of pyridine rings is 1. The molecule has 3 aromatic heterocycles. The van der Waals surface area contributed by atoms with Crippen LogP contribution in [0.4, 0.5) is 26.3 Å². The molecule has 0 atom stereocenters. The molecule has 0 N–H and O–H groups in total.